The molecule has 0 aliphatic rings. The molecule has 3 heterocycles. The van der Waals surface area contributed by atoms with E-state index in [0.29, 0.717) is 65.1 Å². The van der Waals surface area contributed by atoms with Crippen LogP contribution in [0.2, 0.25) is 0 Å². The van der Waals surface area contributed by atoms with Gasteiger partial charge in [0.2, 0.25) is 11.8 Å². The lowest BCUT2D eigenvalue weighted by atomic mass is 9.95. The quantitative estimate of drug-likeness (QED) is 0.204. The highest BCUT2D eigenvalue weighted by Gasteiger charge is 2.28. The summed E-state index contributed by atoms with van der Waals surface area (Å²) in [6.07, 6.45) is 4.66. The summed E-state index contributed by atoms with van der Waals surface area (Å²) >= 11 is 0. The Balaban J connectivity index is 1.47. The van der Waals surface area contributed by atoms with E-state index in [2.05, 4.69) is 27.1 Å². The fourth-order valence-electron chi connectivity index (χ4n) is 4.52. The molecule has 5 rings (SSSR count). The fourth-order valence-corrected chi connectivity index (χ4v) is 4.52. The number of nitrogens with zero attached hydrogens (tertiary/aromatic N) is 4. The van der Waals surface area contributed by atoms with Crippen LogP contribution in [0.3, 0.4) is 0 Å². The van der Waals surface area contributed by atoms with Crippen molar-refractivity contribution in [3.8, 4) is 57.0 Å². The van der Waals surface area contributed by atoms with Crippen molar-refractivity contribution in [2.24, 2.45) is 0 Å². The number of rotatable bonds is 11. The molecule has 0 aliphatic heterocycles. The average molecular weight is 543 g/mol. The maximum absolute atomic E-state index is 11.6. The molecule has 10 nitrogen and oxygen atoms in total. The molecule has 0 spiro atoms. The molecule has 0 amide bonds. The minimum Gasteiger partial charge on any atom is -0.506 e. The van der Waals surface area contributed by atoms with Crippen LogP contribution in [0, 0.1) is 0 Å². The summed E-state index contributed by atoms with van der Waals surface area (Å²) in [5, 5.41) is 30.7. The first-order valence-electron chi connectivity index (χ1n) is 13.0. The molecule has 2 N–H and O–H groups in total. The van der Waals surface area contributed by atoms with Crippen LogP contribution in [0.15, 0.2) is 63.6 Å². The van der Waals surface area contributed by atoms with E-state index in [1.807, 2.05) is 30.3 Å². The van der Waals surface area contributed by atoms with E-state index in [9.17, 15) is 10.2 Å². The number of hydrogen-bond donors (Lipinski definition) is 2. The summed E-state index contributed by atoms with van der Waals surface area (Å²) in [6, 6.07) is 15.0. The summed E-state index contributed by atoms with van der Waals surface area (Å²) in [4.78, 5) is 8.78. The topological polar surface area (TPSA) is 137 Å². The van der Waals surface area contributed by atoms with Crippen molar-refractivity contribution in [2.75, 3.05) is 14.2 Å². The van der Waals surface area contributed by atoms with Crippen LogP contribution in [0.1, 0.15) is 37.2 Å². The van der Waals surface area contributed by atoms with E-state index in [1.54, 1.807) is 24.4 Å². The van der Waals surface area contributed by atoms with Crippen molar-refractivity contribution in [1.29, 1.82) is 0 Å². The molecule has 0 bridgehead atoms. The number of methoxy groups -OCH3 is 2. The third kappa shape index (κ3) is 5.33. The molecular weight excluding hydrogens is 512 g/mol. The van der Waals surface area contributed by atoms with Gasteiger partial charge in [0.15, 0.2) is 11.7 Å². The van der Waals surface area contributed by atoms with Gasteiger partial charge in [-0.2, -0.15) is 0 Å². The molecule has 0 saturated carbocycles. The normalized spacial score (nSPS) is 11.1. The summed E-state index contributed by atoms with van der Waals surface area (Å²) in [5.74, 6) is 1.73. The second-order valence-corrected chi connectivity index (χ2v) is 9.11. The molecule has 40 heavy (non-hydrogen) atoms. The number of unbranched alkanes of at least 4 members (excludes halogenated alkanes) is 1. The molecule has 0 atom stereocenters. The van der Waals surface area contributed by atoms with Gasteiger partial charge in [-0.15, -0.1) is 10.2 Å². The lowest BCUT2D eigenvalue weighted by Gasteiger charge is -2.18. The number of oxazole rings is 1. The maximum Gasteiger partial charge on any atom is 0.256 e. The molecule has 5 aromatic rings. The minimum absolute atomic E-state index is 0.0629. The molecule has 3 aromatic heterocycles. The predicted molar refractivity (Wildman–Crippen MR) is 147 cm³/mol. The van der Waals surface area contributed by atoms with Gasteiger partial charge in [-0.05, 0) is 25.0 Å². The lowest BCUT2D eigenvalue weighted by Crippen LogP contribution is -2.01. The molecule has 0 aliphatic carbocycles. The lowest BCUT2D eigenvalue weighted by molar-refractivity contribution is 0.395. The number of aromatic nitrogens is 4. The molecule has 0 unspecified atom stereocenters. The van der Waals surface area contributed by atoms with Crippen LogP contribution in [0.5, 0.6) is 23.1 Å². The Morgan fingerprint density at radius 1 is 0.775 bits per heavy atom. The van der Waals surface area contributed by atoms with Gasteiger partial charge in [-0.3, -0.25) is 0 Å². The molecule has 0 saturated heterocycles. The van der Waals surface area contributed by atoms with Crippen molar-refractivity contribution in [1.82, 2.24) is 20.2 Å². The van der Waals surface area contributed by atoms with Crippen molar-refractivity contribution in [2.45, 2.75) is 39.0 Å². The maximum atomic E-state index is 11.6. The predicted octanol–water partition coefficient (Wildman–Crippen LogP) is 6.01. The zero-order valence-electron chi connectivity index (χ0n) is 22.5. The molecule has 0 radical (unpaired) electrons. The molecule has 10 heteroatoms. The molecule has 2 aromatic carbocycles. The van der Waals surface area contributed by atoms with E-state index in [4.69, 9.17) is 18.3 Å². The zero-order valence-corrected chi connectivity index (χ0v) is 22.5. The Hall–Kier alpha value is -4.86. The summed E-state index contributed by atoms with van der Waals surface area (Å²) in [7, 11) is 3.08. The Bertz CT molecular complexity index is 1570. The van der Waals surface area contributed by atoms with Crippen LogP contribution < -0.4 is 9.47 Å². The summed E-state index contributed by atoms with van der Waals surface area (Å²) < 4.78 is 22.9. The van der Waals surface area contributed by atoms with E-state index in [1.165, 1.54) is 14.2 Å². The SMILES string of the molecule is CCCCc1nc(O)c(-c2nnc(CCc3ncc(-c4ccccc4)o3)o2)c(O)c1-c1c(OC)cccc1OC. The van der Waals surface area contributed by atoms with E-state index < -0.39 is 5.88 Å². The van der Waals surface area contributed by atoms with Crippen LogP contribution in [-0.2, 0) is 19.3 Å². The highest BCUT2D eigenvalue weighted by atomic mass is 16.5. The Kier molecular flexibility index (Phi) is 7.95. The van der Waals surface area contributed by atoms with Gasteiger partial charge < -0.3 is 28.5 Å². The van der Waals surface area contributed by atoms with E-state index in [-0.39, 0.29) is 17.2 Å². The molecular formula is C30H30N4O6. The number of ether oxygens (including phenoxy) is 2. The number of benzene rings is 2. The average Bonchev–Trinajstić information content (AvgIpc) is 3.65. The first kappa shape index (κ1) is 26.7. The third-order valence-corrected chi connectivity index (χ3v) is 6.52. The zero-order chi connectivity index (χ0) is 28.1. The Morgan fingerprint density at radius 3 is 2.20 bits per heavy atom. The van der Waals surface area contributed by atoms with Crippen LogP contribution in [0.25, 0.3) is 33.9 Å². The monoisotopic (exact) mass is 542 g/mol. The van der Waals surface area contributed by atoms with Gasteiger partial charge in [0.05, 0.1) is 37.2 Å². The smallest absolute Gasteiger partial charge is 0.256 e. The van der Waals surface area contributed by atoms with Crippen LogP contribution in [0.4, 0.5) is 0 Å². The van der Waals surface area contributed by atoms with E-state index >= 15 is 0 Å². The van der Waals surface area contributed by atoms with E-state index in [0.717, 1.165) is 18.4 Å². The van der Waals surface area contributed by atoms with Gasteiger partial charge in [0.1, 0.15) is 22.8 Å². The van der Waals surface area contributed by atoms with Crippen molar-refractivity contribution >= 4 is 0 Å². The second kappa shape index (κ2) is 11.9. The van der Waals surface area contributed by atoms with Crippen molar-refractivity contribution in [3.63, 3.8) is 0 Å². The number of aromatic hydroxyl groups is 2. The largest absolute Gasteiger partial charge is 0.506 e. The highest BCUT2D eigenvalue weighted by molar-refractivity contribution is 5.88. The first-order valence-corrected chi connectivity index (χ1v) is 13.0. The van der Waals surface area contributed by atoms with Crippen LogP contribution >= 0.6 is 0 Å². The van der Waals surface area contributed by atoms with Gasteiger partial charge in [0.25, 0.3) is 5.89 Å². The van der Waals surface area contributed by atoms with Gasteiger partial charge in [-0.1, -0.05) is 49.7 Å². The van der Waals surface area contributed by atoms with Gasteiger partial charge in [0, 0.05) is 18.4 Å². The Morgan fingerprint density at radius 2 is 1.50 bits per heavy atom. The third-order valence-electron chi connectivity index (χ3n) is 6.52. The minimum atomic E-state index is -0.406. The number of aryl methyl sites for hydroxylation is 3. The summed E-state index contributed by atoms with van der Waals surface area (Å²) in [5.41, 5.74) is 2.27. The first-order chi connectivity index (χ1) is 19.5. The fraction of sp³-hybridized carbons (Fsp3) is 0.267. The van der Waals surface area contributed by atoms with Crippen LogP contribution in [-0.4, -0.2) is 44.6 Å². The Labute approximate surface area is 231 Å². The van der Waals surface area contributed by atoms with Gasteiger partial charge in [-0.25, -0.2) is 9.97 Å². The summed E-state index contributed by atoms with van der Waals surface area (Å²) in [6.45, 7) is 2.05. The van der Waals surface area contributed by atoms with Gasteiger partial charge >= 0.3 is 0 Å². The number of pyridine rings is 1. The van der Waals surface area contributed by atoms with Crippen molar-refractivity contribution < 1.29 is 28.5 Å². The highest BCUT2D eigenvalue weighted by Crippen LogP contribution is 2.49. The molecule has 206 valence electrons. The standard InChI is InChI=1S/C30H30N4O6/c1-4-5-12-19-25(26-20(37-2)13-9-14-21(26)38-3)28(35)27(29(36)32-19)30-34-33-24(40-30)16-15-23-31-17-22(39-23)18-10-7-6-8-11-18/h6-11,13-14,17H,4-5,12,15-16H2,1-3H3,(H2,32,35,36). The number of hydrogen-bond acceptors (Lipinski definition) is 10. The second-order valence-electron chi connectivity index (χ2n) is 9.11. The van der Waals surface area contributed by atoms with Crippen molar-refractivity contribution in [3.05, 3.63) is 72.2 Å². The molecule has 0 fully saturated rings.